The lowest BCUT2D eigenvalue weighted by molar-refractivity contribution is 0.371. The first-order valence-electron chi connectivity index (χ1n) is 11.8. The topological polar surface area (TPSA) is 76.1 Å². The molecule has 6 rings (SSSR count). The molecular weight excluding hydrogens is 446 g/mol. The van der Waals surface area contributed by atoms with Crippen molar-refractivity contribution >= 4 is 21.6 Å². The number of thiophene rings is 1. The number of H-pyrrole nitrogens is 1. The van der Waals surface area contributed by atoms with E-state index < -0.39 is 0 Å². The summed E-state index contributed by atoms with van der Waals surface area (Å²) < 4.78 is 7.60. The Morgan fingerprint density at radius 3 is 2.79 bits per heavy atom. The highest BCUT2D eigenvalue weighted by molar-refractivity contribution is 7.17. The van der Waals surface area contributed by atoms with Crippen LogP contribution in [0.5, 0.6) is 5.75 Å². The highest BCUT2D eigenvalue weighted by Gasteiger charge is 2.40. The van der Waals surface area contributed by atoms with Gasteiger partial charge in [-0.05, 0) is 54.5 Å². The summed E-state index contributed by atoms with van der Waals surface area (Å²) in [6, 6.07) is 16.4. The van der Waals surface area contributed by atoms with Crippen LogP contribution in [0.3, 0.4) is 0 Å². The average Bonchev–Trinajstić information content (AvgIpc) is 3.48. The number of hydrogen-bond donors (Lipinski definition) is 2. The van der Waals surface area contributed by atoms with Gasteiger partial charge in [-0.1, -0.05) is 42.5 Å². The highest BCUT2D eigenvalue weighted by Crippen LogP contribution is 2.45. The van der Waals surface area contributed by atoms with E-state index in [1.54, 1.807) is 7.11 Å². The molecular formula is C27H27N3O3S. The molecule has 2 aromatic carbocycles. The van der Waals surface area contributed by atoms with Crippen LogP contribution in [-0.4, -0.2) is 29.2 Å². The van der Waals surface area contributed by atoms with Gasteiger partial charge < -0.3 is 15.0 Å². The quantitative estimate of drug-likeness (QED) is 0.457. The maximum Gasteiger partial charge on any atom is 0.328 e. The molecule has 0 bridgehead atoms. The van der Waals surface area contributed by atoms with Crippen molar-refractivity contribution in [1.82, 2.24) is 14.9 Å². The second-order valence-corrected chi connectivity index (χ2v) is 10.1. The van der Waals surface area contributed by atoms with Gasteiger partial charge in [0.1, 0.15) is 10.4 Å². The van der Waals surface area contributed by atoms with Crippen LogP contribution in [0.4, 0.5) is 0 Å². The first kappa shape index (κ1) is 21.4. The molecule has 34 heavy (non-hydrogen) atoms. The minimum atomic E-state index is -0.339. The third kappa shape index (κ3) is 3.42. The van der Waals surface area contributed by atoms with Crippen LogP contribution >= 0.6 is 11.3 Å². The number of aromatic amines is 1. The van der Waals surface area contributed by atoms with Gasteiger partial charge in [-0.3, -0.25) is 9.36 Å². The SMILES string of the molecule is COc1cccc2c1CC[C@H]1CNC(CCn3c(=O)[nH]c4c(-c5ccccc5)csc4c3=O)[C@@H]21. The zero-order chi connectivity index (χ0) is 23.2. The van der Waals surface area contributed by atoms with Crippen molar-refractivity contribution in [2.45, 2.75) is 37.8 Å². The van der Waals surface area contributed by atoms with E-state index in [9.17, 15) is 9.59 Å². The first-order valence-corrected chi connectivity index (χ1v) is 12.7. The summed E-state index contributed by atoms with van der Waals surface area (Å²) in [5.41, 5.74) is 4.65. The molecule has 3 heterocycles. The van der Waals surface area contributed by atoms with Crippen molar-refractivity contribution in [3.05, 3.63) is 85.9 Å². The van der Waals surface area contributed by atoms with Crippen LogP contribution in [-0.2, 0) is 13.0 Å². The van der Waals surface area contributed by atoms with E-state index in [1.165, 1.54) is 27.0 Å². The van der Waals surface area contributed by atoms with E-state index >= 15 is 0 Å². The fourth-order valence-electron chi connectivity index (χ4n) is 5.93. The van der Waals surface area contributed by atoms with Gasteiger partial charge in [0.25, 0.3) is 5.56 Å². The molecule has 1 saturated heterocycles. The second kappa shape index (κ2) is 8.56. The predicted octanol–water partition coefficient (Wildman–Crippen LogP) is 4.14. The maximum atomic E-state index is 13.3. The first-order chi connectivity index (χ1) is 16.7. The molecule has 0 radical (unpaired) electrons. The number of aromatic nitrogens is 2. The Labute approximate surface area is 201 Å². The fourth-order valence-corrected chi connectivity index (χ4v) is 6.91. The molecule has 0 saturated carbocycles. The molecule has 2 N–H and O–H groups in total. The van der Waals surface area contributed by atoms with Crippen molar-refractivity contribution in [2.24, 2.45) is 5.92 Å². The molecule has 0 spiro atoms. The molecule has 2 aromatic heterocycles. The number of fused-ring (bicyclic) bond motifs is 4. The van der Waals surface area contributed by atoms with Gasteiger partial charge in [0, 0.05) is 29.4 Å². The Morgan fingerprint density at radius 2 is 1.97 bits per heavy atom. The average molecular weight is 474 g/mol. The number of nitrogens with one attached hydrogen (secondary N) is 2. The van der Waals surface area contributed by atoms with Gasteiger partial charge in [0.2, 0.25) is 0 Å². The van der Waals surface area contributed by atoms with Gasteiger partial charge in [-0.2, -0.15) is 0 Å². The summed E-state index contributed by atoms with van der Waals surface area (Å²) in [6.45, 7) is 1.37. The standard InChI is InChI=1S/C27H27N3O3S/c1-33-22-9-5-8-19-18(22)11-10-17-14-28-21(23(17)19)12-13-30-26(31)25-24(29-27(30)32)20(15-34-25)16-6-3-2-4-7-16/h2-9,15,17,21,23,28H,10-14H2,1H3,(H,29,32)/t17-,21?,23+/m0/s1. The molecule has 4 aromatic rings. The smallest absolute Gasteiger partial charge is 0.328 e. The van der Waals surface area contributed by atoms with Gasteiger partial charge in [-0.15, -0.1) is 11.3 Å². The molecule has 1 fully saturated rings. The van der Waals surface area contributed by atoms with Gasteiger partial charge in [-0.25, -0.2) is 4.79 Å². The van der Waals surface area contributed by atoms with E-state index in [0.717, 1.165) is 42.7 Å². The lowest BCUT2D eigenvalue weighted by atomic mass is 9.73. The van der Waals surface area contributed by atoms with Crippen molar-refractivity contribution in [3.63, 3.8) is 0 Å². The van der Waals surface area contributed by atoms with Crippen molar-refractivity contribution < 1.29 is 4.74 Å². The summed E-state index contributed by atoms with van der Waals surface area (Å²) in [5, 5.41) is 5.64. The van der Waals surface area contributed by atoms with E-state index in [0.29, 0.717) is 28.6 Å². The van der Waals surface area contributed by atoms with Crippen LogP contribution in [0.1, 0.15) is 29.9 Å². The molecule has 1 unspecified atom stereocenters. The van der Waals surface area contributed by atoms with Crippen LogP contribution in [0.25, 0.3) is 21.3 Å². The second-order valence-electron chi connectivity index (χ2n) is 9.26. The van der Waals surface area contributed by atoms with Crippen molar-refractivity contribution in [1.29, 1.82) is 0 Å². The van der Waals surface area contributed by atoms with E-state index in [1.807, 2.05) is 41.8 Å². The van der Waals surface area contributed by atoms with Crippen molar-refractivity contribution in [2.75, 3.05) is 13.7 Å². The minimum Gasteiger partial charge on any atom is -0.496 e. The van der Waals surface area contributed by atoms with E-state index in [2.05, 4.69) is 22.4 Å². The Kier molecular flexibility index (Phi) is 5.38. The number of benzene rings is 2. The summed E-state index contributed by atoms with van der Waals surface area (Å²) in [4.78, 5) is 29.2. The van der Waals surface area contributed by atoms with Crippen LogP contribution in [0, 0.1) is 5.92 Å². The minimum absolute atomic E-state index is 0.203. The van der Waals surface area contributed by atoms with Crippen LogP contribution in [0.2, 0.25) is 0 Å². The molecule has 1 aliphatic heterocycles. The lowest BCUT2D eigenvalue weighted by Crippen LogP contribution is -2.37. The van der Waals surface area contributed by atoms with E-state index in [-0.39, 0.29) is 17.3 Å². The molecule has 0 amide bonds. The number of hydrogen-bond acceptors (Lipinski definition) is 5. The largest absolute Gasteiger partial charge is 0.496 e. The Balaban J connectivity index is 1.30. The van der Waals surface area contributed by atoms with Crippen LogP contribution < -0.4 is 21.3 Å². The van der Waals surface area contributed by atoms with Gasteiger partial charge in [0.15, 0.2) is 0 Å². The zero-order valence-corrected chi connectivity index (χ0v) is 19.9. The van der Waals surface area contributed by atoms with Gasteiger partial charge >= 0.3 is 5.69 Å². The number of rotatable bonds is 5. The maximum absolute atomic E-state index is 13.3. The normalized spacial score (nSPS) is 21.4. The third-order valence-corrected chi connectivity index (χ3v) is 8.52. The third-order valence-electron chi connectivity index (χ3n) is 7.55. The highest BCUT2D eigenvalue weighted by atomic mass is 32.1. The molecule has 7 heteroatoms. The van der Waals surface area contributed by atoms with Gasteiger partial charge in [0.05, 0.1) is 12.6 Å². The summed E-state index contributed by atoms with van der Waals surface area (Å²) >= 11 is 1.40. The molecule has 174 valence electrons. The fraction of sp³-hybridized carbons (Fsp3) is 0.333. The monoisotopic (exact) mass is 473 g/mol. The van der Waals surface area contributed by atoms with Crippen molar-refractivity contribution in [3.8, 4) is 16.9 Å². The summed E-state index contributed by atoms with van der Waals surface area (Å²) in [6.07, 6.45) is 2.89. The number of nitrogens with zero attached hydrogens (tertiary/aromatic N) is 1. The van der Waals surface area contributed by atoms with E-state index in [4.69, 9.17) is 4.74 Å². The number of methoxy groups -OCH3 is 1. The summed E-state index contributed by atoms with van der Waals surface area (Å²) in [5.74, 6) is 1.92. The zero-order valence-electron chi connectivity index (χ0n) is 19.0. The van der Waals surface area contributed by atoms with Crippen LogP contribution in [0.15, 0.2) is 63.5 Å². The molecule has 3 atom stereocenters. The Hall–Kier alpha value is -3.16. The number of ether oxygens (including phenoxy) is 1. The molecule has 6 nitrogen and oxygen atoms in total. The lowest BCUT2D eigenvalue weighted by Gasteiger charge is -2.32. The summed E-state index contributed by atoms with van der Waals surface area (Å²) in [7, 11) is 1.73. The molecule has 2 aliphatic rings. The predicted molar refractivity (Wildman–Crippen MR) is 136 cm³/mol. The Bertz CT molecular complexity index is 1470. The molecule has 1 aliphatic carbocycles. The Morgan fingerprint density at radius 1 is 1.12 bits per heavy atom.